The smallest absolute Gasteiger partial charge is 0.147 e. The van der Waals surface area contributed by atoms with Crippen LogP contribution in [0.2, 0.25) is 0 Å². The highest BCUT2D eigenvalue weighted by Crippen LogP contribution is 2.09. The predicted molar refractivity (Wildman–Crippen MR) is 145 cm³/mol. The number of carbonyl (C=O) groups is 2. The van der Waals surface area contributed by atoms with Crippen LogP contribution in [0.25, 0.3) is 0 Å². The van der Waals surface area contributed by atoms with Crippen LogP contribution in [0, 0.1) is 5.41 Å². The van der Waals surface area contributed by atoms with Crippen molar-refractivity contribution in [2.45, 2.75) is 59.5 Å². The van der Waals surface area contributed by atoms with E-state index in [1.807, 2.05) is 48.5 Å². The number of benzene rings is 2. The third-order valence-electron chi connectivity index (χ3n) is 5.03. The third kappa shape index (κ3) is 18.7. The molecule has 0 saturated carbocycles. The first kappa shape index (κ1) is 41.0. The van der Waals surface area contributed by atoms with Gasteiger partial charge < -0.3 is 27.9 Å². The van der Waals surface area contributed by atoms with Gasteiger partial charge in [-0.25, -0.2) is 0 Å². The Balaban J connectivity index is -0.000000250. The van der Waals surface area contributed by atoms with Gasteiger partial charge in [0.15, 0.2) is 0 Å². The number of hydrogen-bond acceptors (Lipinski definition) is 7. The van der Waals surface area contributed by atoms with Crippen LogP contribution in [0.4, 0.5) is 24.0 Å². The van der Waals surface area contributed by atoms with Crippen molar-refractivity contribution in [1.82, 2.24) is 16.8 Å². The number of hydrogen-bond donors (Lipinski definition) is 5. The minimum absolute atomic E-state index is 0. The first-order valence-corrected chi connectivity index (χ1v) is 10.8. The molecule has 0 heterocycles. The normalized spacial score (nSPS) is 10.6. The standard InChI is InChI=1S/C14H20N2O.C11H16N2O.CH4.2F2.H3N/c1-10(15)8-12-4-6-13(7-5-12)9-14(16-3)11(2)17;1-8(14)11(13-2)7-9-3-5-10(12)6-4-9;;2*1-2;/h4-7,14-16H,8-9H2,1-3H3;3-6,11,13H,7,12H2,1-2H3;1H4;;;1H3/t14-;11-;;;;/m00..../s1. The molecule has 11 heteroatoms. The Bertz CT molecular complexity index is 866. The van der Waals surface area contributed by atoms with Crippen molar-refractivity contribution in [1.29, 1.82) is 5.41 Å². The Morgan fingerprint density at radius 3 is 1.32 bits per heavy atom. The Kier molecular flexibility index (Phi) is 27.2. The Labute approximate surface area is 218 Å². The summed E-state index contributed by atoms with van der Waals surface area (Å²) in [6, 6.07) is 15.5. The van der Waals surface area contributed by atoms with Crippen LogP contribution in [-0.4, -0.2) is 43.5 Å². The van der Waals surface area contributed by atoms with Crippen LogP contribution in [0.3, 0.4) is 0 Å². The van der Waals surface area contributed by atoms with Crippen molar-refractivity contribution in [2.75, 3.05) is 19.8 Å². The number of Topliss-reactive ketones (excluding diaryl/α,β-unsaturated/α-hetero) is 2. The van der Waals surface area contributed by atoms with E-state index >= 15 is 0 Å². The van der Waals surface area contributed by atoms with Crippen molar-refractivity contribution in [3.05, 3.63) is 65.2 Å². The quantitative estimate of drug-likeness (QED) is 0.156. The Morgan fingerprint density at radius 2 is 1.05 bits per heavy atom. The van der Waals surface area contributed by atoms with E-state index in [4.69, 9.17) is 29.4 Å². The molecule has 2 aromatic carbocycles. The molecule has 7 nitrogen and oxygen atoms in total. The van der Waals surface area contributed by atoms with Gasteiger partial charge in [-0.05, 0) is 76.5 Å². The minimum atomic E-state index is -0.106. The van der Waals surface area contributed by atoms with Gasteiger partial charge in [-0.1, -0.05) is 43.8 Å². The van der Waals surface area contributed by atoms with E-state index in [0.717, 1.165) is 28.8 Å². The number of rotatable bonds is 10. The van der Waals surface area contributed by atoms with Crippen LogP contribution in [0.15, 0.2) is 48.5 Å². The molecule has 2 aromatic rings. The lowest BCUT2D eigenvalue weighted by Gasteiger charge is -2.12. The number of carbonyl (C=O) groups excluding carboxylic acids is 2. The maximum atomic E-state index is 11.3. The van der Waals surface area contributed by atoms with E-state index in [9.17, 15) is 9.59 Å². The summed E-state index contributed by atoms with van der Waals surface area (Å²) >= 11 is 0. The van der Waals surface area contributed by atoms with Gasteiger partial charge in [-0.3, -0.25) is 9.59 Å². The maximum absolute atomic E-state index is 11.3. The molecule has 0 bridgehead atoms. The van der Waals surface area contributed by atoms with Gasteiger partial charge in [0.2, 0.25) is 0 Å². The van der Waals surface area contributed by atoms with E-state index in [-0.39, 0.29) is 37.2 Å². The number of likely N-dealkylation sites (N-methyl/N-ethyl adjacent to an activating group) is 2. The van der Waals surface area contributed by atoms with Gasteiger partial charge >= 0.3 is 0 Å². The molecule has 0 aliphatic heterocycles. The van der Waals surface area contributed by atoms with Crippen LogP contribution in [-0.2, 0) is 28.9 Å². The molecule has 0 radical (unpaired) electrons. The van der Waals surface area contributed by atoms with E-state index in [1.54, 1.807) is 34.9 Å². The first-order valence-electron chi connectivity index (χ1n) is 10.8. The molecule has 212 valence electrons. The summed E-state index contributed by atoms with van der Waals surface area (Å²) in [5.41, 5.74) is 10.4. The molecule has 0 aliphatic carbocycles. The summed E-state index contributed by atoms with van der Waals surface area (Å²) in [6.07, 6.45) is 2.13. The summed E-state index contributed by atoms with van der Waals surface area (Å²) in [7, 11) is 3.60. The zero-order valence-electron chi connectivity index (χ0n) is 21.5. The van der Waals surface area contributed by atoms with Gasteiger partial charge in [-0.15, -0.1) is 0 Å². The molecule has 37 heavy (non-hydrogen) atoms. The highest BCUT2D eigenvalue weighted by molar-refractivity contribution is 5.82. The topological polar surface area (TPSA) is 143 Å². The molecule has 8 N–H and O–H groups in total. The molecular weight excluding hydrogens is 490 g/mol. The second-order valence-electron chi connectivity index (χ2n) is 7.83. The molecule has 2 rings (SSSR count). The lowest BCUT2D eigenvalue weighted by atomic mass is 10.0. The van der Waals surface area contributed by atoms with Gasteiger partial charge in [0.25, 0.3) is 0 Å². The summed E-state index contributed by atoms with van der Waals surface area (Å²) < 4.78 is 32.0. The molecule has 0 amide bonds. The van der Waals surface area contributed by atoms with E-state index in [2.05, 4.69) is 10.6 Å². The summed E-state index contributed by atoms with van der Waals surface area (Å²) in [4.78, 5) is 22.5. The molecule has 0 aliphatic rings. The van der Waals surface area contributed by atoms with Crippen LogP contribution in [0.1, 0.15) is 44.9 Å². The maximum Gasteiger partial charge on any atom is 0.147 e. The number of ketones is 2. The zero-order chi connectivity index (χ0) is 27.4. The largest absolute Gasteiger partial charge is 0.399 e. The second kappa shape index (κ2) is 24.5. The van der Waals surface area contributed by atoms with Gasteiger partial charge in [0, 0.05) is 36.1 Å². The molecule has 0 unspecified atom stereocenters. The van der Waals surface area contributed by atoms with Crippen molar-refractivity contribution in [3.8, 4) is 0 Å². The van der Waals surface area contributed by atoms with Crippen molar-refractivity contribution in [3.63, 3.8) is 0 Å². The second-order valence-corrected chi connectivity index (χ2v) is 7.83. The third-order valence-corrected chi connectivity index (χ3v) is 5.03. The summed E-state index contributed by atoms with van der Waals surface area (Å²) in [5.74, 6) is 0.316. The SMILES string of the molecule is C.CN[C@@H](Cc1ccc(CC(C)=N)cc1)C(C)=O.CN[C@@H](Cc1ccc(N)cc1)C(C)=O.FF.FF.N. The Morgan fingerprint density at radius 1 is 0.757 bits per heavy atom. The Hall–Kier alpha value is -3.15. The zero-order valence-corrected chi connectivity index (χ0v) is 21.5. The molecule has 0 saturated heterocycles. The molecule has 0 fully saturated rings. The van der Waals surface area contributed by atoms with Gasteiger partial charge in [0.1, 0.15) is 11.6 Å². The van der Waals surface area contributed by atoms with Gasteiger partial charge in [-0.2, -0.15) is 0 Å². The number of halogens is 4. The highest BCUT2D eigenvalue weighted by atomic mass is 20.0. The monoisotopic (exact) mass is 533 g/mol. The lowest BCUT2D eigenvalue weighted by Crippen LogP contribution is -2.34. The number of anilines is 1. The van der Waals surface area contributed by atoms with E-state index in [0.29, 0.717) is 18.6 Å². The first-order chi connectivity index (χ1) is 16.7. The summed E-state index contributed by atoms with van der Waals surface area (Å²) in [6.45, 7) is 5.01. The molecule has 0 spiro atoms. The fourth-order valence-electron chi connectivity index (χ4n) is 3.12. The van der Waals surface area contributed by atoms with Crippen molar-refractivity contribution >= 4 is 23.0 Å². The number of nitrogens with one attached hydrogen (secondary N) is 3. The van der Waals surface area contributed by atoms with Crippen molar-refractivity contribution < 1.29 is 27.9 Å². The highest BCUT2D eigenvalue weighted by Gasteiger charge is 2.12. The number of nitrogen functional groups attached to an aromatic ring is 1. The van der Waals surface area contributed by atoms with Crippen molar-refractivity contribution in [2.24, 2.45) is 0 Å². The minimum Gasteiger partial charge on any atom is -0.399 e. The molecule has 2 atom stereocenters. The molecule has 0 aromatic heterocycles. The number of nitrogens with two attached hydrogens (primary N) is 1. The fourth-order valence-corrected chi connectivity index (χ4v) is 3.12. The van der Waals surface area contributed by atoms with E-state index in [1.165, 1.54) is 0 Å². The van der Waals surface area contributed by atoms with Crippen LogP contribution in [0.5, 0.6) is 0 Å². The fraction of sp³-hybridized carbons (Fsp3) is 0.423. The van der Waals surface area contributed by atoms with E-state index < -0.39 is 0 Å². The average Bonchev–Trinajstić information content (AvgIpc) is 2.85. The predicted octanol–water partition coefficient (Wildman–Crippen LogP) is 5.46. The van der Waals surface area contributed by atoms with Crippen LogP contribution >= 0.6 is 0 Å². The van der Waals surface area contributed by atoms with Crippen LogP contribution < -0.4 is 22.5 Å². The summed E-state index contributed by atoms with van der Waals surface area (Å²) in [5, 5.41) is 13.4. The lowest BCUT2D eigenvalue weighted by molar-refractivity contribution is -0.119. The van der Waals surface area contributed by atoms with Gasteiger partial charge in [0.05, 0.1) is 12.1 Å². The average molecular weight is 534 g/mol. The molecular formula is C26H43F4N5O2.